The summed E-state index contributed by atoms with van der Waals surface area (Å²) in [6, 6.07) is -0.925. The Morgan fingerprint density at radius 1 is 0.507 bits per heavy atom. The topological polar surface area (TPSA) is 228 Å². The molecule has 0 aromatic heterocycles. The van der Waals surface area contributed by atoms with Gasteiger partial charge in [-0.1, -0.05) is 217 Å². The van der Waals surface area contributed by atoms with Gasteiger partial charge in [-0.2, -0.15) is 0 Å². The number of amides is 1. The number of allylic oxidation sites excluding steroid dienone is 7. The van der Waals surface area contributed by atoms with Crippen LogP contribution in [0.4, 0.5) is 0 Å². The lowest BCUT2D eigenvalue weighted by Crippen LogP contribution is -2.65. The van der Waals surface area contributed by atoms with Gasteiger partial charge in [0, 0.05) is 6.42 Å². The standard InChI is InChI=1S/C59H107NO13/c1-3-5-7-9-11-13-15-17-19-20-21-22-23-24-25-26-27-29-30-32-34-36-38-40-42-48(63)47(60-51(64)43-41-39-37-35-33-31-28-18-16-14-12-10-8-6-4-2)46-70-58-56(69)54(67)57(50(45-62)72-58)73-59-55(68)53(66)52(65)49(44-61)71-59/h6,8,12,14,18,28,40,42,47-50,52-59,61-63,65-69H,3-5,7,9-11,13,15-17,19-27,29-39,41,43-46H2,1-2H3,(H,60,64)/b8-6-,14-12-,28-18-,42-40+. The van der Waals surface area contributed by atoms with E-state index in [-0.39, 0.29) is 18.9 Å². The maximum absolute atomic E-state index is 13.2. The van der Waals surface area contributed by atoms with Gasteiger partial charge in [-0.05, 0) is 51.4 Å². The fourth-order valence-corrected chi connectivity index (χ4v) is 9.54. The average Bonchev–Trinajstić information content (AvgIpc) is 3.39. The van der Waals surface area contributed by atoms with Crippen molar-refractivity contribution in [2.75, 3.05) is 19.8 Å². The molecule has 0 spiro atoms. The van der Waals surface area contributed by atoms with E-state index in [0.29, 0.717) is 6.42 Å². The summed E-state index contributed by atoms with van der Waals surface area (Å²) in [6.07, 6.45) is 38.7. The van der Waals surface area contributed by atoms with E-state index in [9.17, 15) is 45.6 Å². The quantitative estimate of drug-likeness (QED) is 0.0205. The van der Waals surface area contributed by atoms with Crippen LogP contribution in [0.2, 0.25) is 0 Å². The zero-order valence-corrected chi connectivity index (χ0v) is 45.6. The predicted octanol–water partition coefficient (Wildman–Crippen LogP) is 9.61. The lowest BCUT2D eigenvalue weighted by Gasteiger charge is -2.46. The number of aliphatic hydroxyl groups excluding tert-OH is 8. The molecule has 2 saturated heterocycles. The van der Waals surface area contributed by atoms with Crippen LogP contribution < -0.4 is 5.32 Å². The molecule has 0 aliphatic carbocycles. The zero-order chi connectivity index (χ0) is 53.2. The second-order valence-electron chi connectivity index (χ2n) is 20.7. The Labute approximate surface area is 442 Å². The SMILES string of the molecule is CC/C=C\C/C=C\C/C=C\CCCCCCCC(=O)NC(COC1OC(CO)C(OC2OC(CO)C(O)C(O)C2O)C(O)C1O)C(O)/C=C/CCCCCCCCCCCCCCCCCCCCCCCC. The summed E-state index contributed by atoms with van der Waals surface area (Å²) in [7, 11) is 0. The molecule has 426 valence electrons. The van der Waals surface area contributed by atoms with Gasteiger partial charge in [-0.3, -0.25) is 4.79 Å². The molecule has 2 fully saturated rings. The molecule has 2 heterocycles. The number of carbonyl (C=O) groups is 1. The minimum absolute atomic E-state index is 0.256. The van der Waals surface area contributed by atoms with Gasteiger partial charge in [0.2, 0.25) is 5.91 Å². The first kappa shape index (κ1) is 67.1. The van der Waals surface area contributed by atoms with Gasteiger partial charge >= 0.3 is 0 Å². The van der Waals surface area contributed by atoms with E-state index < -0.39 is 86.8 Å². The molecule has 0 aromatic carbocycles. The molecule has 12 unspecified atom stereocenters. The highest BCUT2D eigenvalue weighted by Crippen LogP contribution is 2.30. The maximum Gasteiger partial charge on any atom is 0.220 e. The fourth-order valence-electron chi connectivity index (χ4n) is 9.54. The van der Waals surface area contributed by atoms with E-state index in [1.54, 1.807) is 6.08 Å². The van der Waals surface area contributed by atoms with Crippen molar-refractivity contribution >= 4 is 5.91 Å². The zero-order valence-electron chi connectivity index (χ0n) is 45.6. The third kappa shape index (κ3) is 31.1. The van der Waals surface area contributed by atoms with Gasteiger partial charge in [-0.15, -0.1) is 0 Å². The lowest BCUT2D eigenvalue weighted by atomic mass is 9.97. The average molecular weight is 1040 g/mol. The molecule has 12 atom stereocenters. The Kier molecular flexibility index (Phi) is 41.4. The van der Waals surface area contributed by atoms with Crippen LogP contribution in [0.5, 0.6) is 0 Å². The molecule has 14 nitrogen and oxygen atoms in total. The van der Waals surface area contributed by atoms with E-state index in [1.807, 2.05) is 6.08 Å². The molecule has 73 heavy (non-hydrogen) atoms. The van der Waals surface area contributed by atoms with Gasteiger partial charge < -0.3 is 65.1 Å². The Bertz CT molecular complexity index is 1410. The minimum atomic E-state index is -1.79. The van der Waals surface area contributed by atoms with Crippen molar-refractivity contribution in [3.63, 3.8) is 0 Å². The molecule has 2 aliphatic rings. The minimum Gasteiger partial charge on any atom is -0.394 e. The van der Waals surface area contributed by atoms with Crippen molar-refractivity contribution in [2.45, 2.75) is 299 Å². The monoisotopic (exact) mass is 1040 g/mol. The second-order valence-corrected chi connectivity index (χ2v) is 20.7. The van der Waals surface area contributed by atoms with E-state index in [1.165, 1.54) is 128 Å². The van der Waals surface area contributed by atoms with Crippen LogP contribution in [0.1, 0.15) is 226 Å². The van der Waals surface area contributed by atoms with E-state index in [4.69, 9.17) is 18.9 Å². The van der Waals surface area contributed by atoms with Gasteiger partial charge in [-0.25, -0.2) is 0 Å². The third-order valence-corrected chi connectivity index (χ3v) is 14.3. The molecule has 0 saturated carbocycles. The molecular weight excluding hydrogens is 931 g/mol. The summed E-state index contributed by atoms with van der Waals surface area (Å²) >= 11 is 0. The van der Waals surface area contributed by atoms with E-state index in [2.05, 4.69) is 55.6 Å². The largest absolute Gasteiger partial charge is 0.394 e. The van der Waals surface area contributed by atoms with Crippen LogP contribution in [-0.2, 0) is 23.7 Å². The third-order valence-electron chi connectivity index (χ3n) is 14.3. The molecular formula is C59H107NO13. The number of rotatable bonds is 46. The van der Waals surface area contributed by atoms with Crippen LogP contribution in [0.25, 0.3) is 0 Å². The predicted molar refractivity (Wildman–Crippen MR) is 291 cm³/mol. The number of aliphatic hydroxyl groups is 8. The van der Waals surface area contributed by atoms with Crippen molar-refractivity contribution in [2.24, 2.45) is 0 Å². The summed E-state index contributed by atoms with van der Waals surface area (Å²) in [4.78, 5) is 13.2. The highest BCUT2D eigenvalue weighted by atomic mass is 16.7. The van der Waals surface area contributed by atoms with Gasteiger partial charge in [0.1, 0.15) is 48.8 Å². The molecule has 0 aromatic rings. The van der Waals surface area contributed by atoms with E-state index >= 15 is 0 Å². The first-order valence-electron chi connectivity index (χ1n) is 29.4. The van der Waals surface area contributed by atoms with Crippen LogP contribution in [-0.4, -0.2) is 140 Å². The molecule has 1 amide bonds. The van der Waals surface area contributed by atoms with Crippen LogP contribution >= 0.6 is 0 Å². The van der Waals surface area contributed by atoms with Crippen LogP contribution in [0, 0.1) is 0 Å². The maximum atomic E-state index is 13.2. The van der Waals surface area contributed by atoms with Crippen LogP contribution in [0.3, 0.4) is 0 Å². The van der Waals surface area contributed by atoms with Crippen molar-refractivity contribution in [3.8, 4) is 0 Å². The Balaban J connectivity index is 1.77. The summed E-state index contributed by atoms with van der Waals surface area (Å²) in [5.41, 5.74) is 0. The highest BCUT2D eigenvalue weighted by molar-refractivity contribution is 5.76. The first-order chi connectivity index (χ1) is 35.6. The van der Waals surface area contributed by atoms with Crippen molar-refractivity contribution < 1.29 is 64.6 Å². The fraction of sp³-hybridized carbons (Fsp3) is 0.847. The number of unbranched alkanes of at least 4 members (excludes halogenated alkanes) is 27. The molecule has 14 heteroatoms. The van der Waals surface area contributed by atoms with Crippen molar-refractivity contribution in [3.05, 3.63) is 48.6 Å². The number of ether oxygens (including phenoxy) is 4. The number of nitrogens with one attached hydrogen (secondary N) is 1. The summed E-state index contributed by atoms with van der Waals surface area (Å²) in [5.74, 6) is -0.256. The summed E-state index contributed by atoms with van der Waals surface area (Å²) in [6.45, 7) is 2.68. The van der Waals surface area contributed by atoms with Gasteiger partial charge in [0.25, 0.3) is 0 Å². The molecule has 0 radical (unpaired) electrons. The molecule has 2 aliphatic heterocycles. The summed E-state index contributed by atoms with van der Waals surface area (Å²) < 4.78 is 22.7. The molecule has 2 rings (SSSR count). The summed E-state index contributed by atoms with van der Waals surface area (Å²) in [5, 5.41) is 87.0. The van der Waals surface area contributed by atoms with Gasteiger partial charge in [0.05, 0.1) is 32.0 Å². The number of hydrogen-bond acceptors (Lipinski definition) is 13. The Morgan fingerprint density at radius 2 is 0.945 bits per heavy atom. The van der Waals surface area contributed by atoms with Crippen molar-refractivity contribution in [1.29, 1.82) is 0 Å². The second kappa shape index (κ2) is 45.0. The number of carbonyl (C=O) groups excluding carboxylic acids is 1. The lowest BCUT2D eigenvalue weighted by molar-refractivity contribution is -0.359. The van der Waals surface area contributed by atoms with Crippen molar-refractivity contribution in [1.82, 2.24) is 5.32 Å². The molecule has 0 bridgehead atoms. The Hall–Kier alpha value is -2.05. The normalized spacial score (nSPS) is 25.7. The first-order valence-corrected chi connectivity index (χ1v) is 29.4. The molecule has 9 N–H and O–H groups in total. The van der Waals surface area contributed by atoms with Crippen LogP contribution in [0.15, 0.2) is 48.6 Å². The van der Waals surface area contributed by atoms with Gasteiger partial charge in [0.15, 0.2) is 12.6 Å². The number of hydrogen-bond donors (Lipinski definition) is 9. The van der Waals surface area contributed by atoms with E-state index in [0.717, 1.165) is 70.6 Å². The highest BCUT2D eigenvalue weighted by Gasteiger charge is 2.51. The Morgan fingerprint density at radius 3 is 1.45 bits per heavy atom. The smallest absolute Gasteiger partial charge is 0.220 e.